The largest absolute Gasteiger partial charge is 0.309 e. The van der Waals surface area contributed by atoms with Gasteiger partial charge in [0.05, 0.1) is 47.4 Å². The van der Waals surface area contributed by atoms with Crippen LogP contribution < -0.4 is 0 Å². The zero-order chi connectivity index (χ0) is 26.9. The van der Waals surface area contributed by atoms with Gasteiger partial charge in [0.1, 0.15) is 0 Å². The van der Waals surface area contributed by atoms with Crippen molar-refractivity contribution in [1.29, 1.82) is 10.5 Å². The van der Waals surface area contributed by atoms with Gasteiger partial charge in [0, 0.05) is 27.6 Å². The summed E-state index contributed by atoms with van der Waals surface area (Å²) in [4.78, 5) is 7.38. The van der Waals surface area contributed by atoms with Crippen LogP contribution in [0.2, 0.25) is 0 Å². The predicted octanol–water partition coefficient (Wildman–Crippen LogP) is 8.96. The molecule has 0 bridgehead atoms. The number of nitrogens with zero attached hydrogens (tertiary/aromatic N) is 5. The van der Waals surface area contributed by atoms with E-state index in [1.54, 1.807) is 36.4 Å². The second-order valence-electron chi connectivity index (χ2n) is 8.95. The van der Waals surface area contributed by atoms with Gasteiger partial charge in [-0.25, -0.2) is 9.69 Å². The van der Waals surface area contributed by atoms with E-state index < -0.39 is 0 Å². The highest BCUT2D eigenvalue weighted by Crippen LogP contribution is 2.44. The standard InChI is InChI=1S/C34H17N5/c1-37-29-15-8-16-30(38-2)33(29)22-17-18-26-27-13-7-14-28(32-23(20-35)9-6-10-24(32)21-36)34(27)39(31(26)19-22)25-11-4-3-5-12-25/h3-19H. The molecule has 0 unspecified atom stereocenters. The fourth-order valence-corrected chi connectivity index (χ4v) is 5.31. The normalized spacial score (nSPS) is 10.5. The summed E-state index contributed by atoms with van der Waals surface area (Å²) in [5, 5.41) is 21.8. The maximum Gasteiger partial charge on any atom is 0.184 e. The van der Waals surface area contributed by atoms with Gasteiger partial charge in [-0.15, -0.1) is 0 Å². The first-order valence-corrected chi connectivity index (χ1v) is 12.1. The summed E-state index contributed by atoms with van der Waals surface area (Å²) in [6.07, 6.45) is 0. The summed E-state index contributed by atoms with van der Waals surface area (Å²) in [7, 11) is 0. The van der Waals surface area contributed by atoms with E-state index >= 15 is 0 Å². The number of benzene rings is 5. The van der Waals surface area contributed by atoms with E-state index in [0.29, 0.717) is 33.6 Å². The first-order valence-electron chi connectivity index (χ1n) is 12.1. The smallest absolute Gasteiger partial charge is 0.184 e. The summed E-state index contributed by atoms with van der Waals surface area (Å²) in [6, 6.07) is 36.8. The van der Waals surface area contributed by atoms with Gasteiger partial charge >= 0.3 is 0 Å². The highest BCUT2D eigenvalue weighted by molar-refractivity contribution is 6.15. The molecule has 6 rings (SSSR count). The molecule has 0 aliphatic rings. The third-order valence-electron chi connectivity index (χ3n) is 6.93. The van der Waals surface area contributed by atoms with E-state index in [2.05, 4.69) is 26.4 Å². The maximum atomic E-state index is 9.94. The number of nitriles is 2. The SMILES string of the molecule is [C-]#[N+]c1cccc([N+]#[C-])c1-c1ccc2c3cccc(-c4c(C#N)cccc4C#N)c3n(-c3ccccc3)c2c1. The predicted molar refractivity (Wildman–Crippen MR) is 154 cm³/mol. The zero-order valence-electron chi connectivity index (χ0n) is 20.6. The fourth-order valence-electron chi connectivity index (χ4n) is 5.31. The highest BCUT2D eigenvalue weighted by Gasteiger charge is 2.21. The zero-order valence-corrected chi connectivity index (χ0v) is 20.6. The van der Waals surface area contributed by atoms with Crippen LogP contribution in [0.1, 0.15) is 11.1 Å². The summed E-state index contributed by atoms with van der Waals surface area (Å²) in [5.41, 5.74) is 7.16. The molecule has 0 atom stereocenters. The van der Waals surface area contributed by atoms with Crippen LogP contribution in [0.15, 0.2) is 103 Å². The van der Waals surface area contributed by atoms with Crippen molar-refractivity contribution in [2.75, 3.05) is 0 Å². The van der Waals surface area contributed by atoms with Gasteiger partial charge in [-0.05, 0) is 41.5 Å². The van der Waals surface area contributed by atoms with Crippen molar-refractivity contribution in [3.63, 3.8) is 0 Å². The van der Waals surface area contributed by atoms with E-state index in [0.717, 1.165) is 38.6 Å². The molecule has 0 saturated heterocycles. The molecule has 0 radical (unpaired) electrons. The lowest BCUT2D eigenvalue weighted by Crippen LogP contribution is -1.97. The van der Waals surface area contributed by atoms with E-state index in [-0.39, 0.29) is 0 Å². The van der Waals surface area contributed by atoms with Crippen molar-refractivity contribution in [2.24, 2.45) is 0 Å². The molecule has 0 spiro atoms. The summed E-state index contributed by atoms with van der Waals surface area (Å²) in [6.45, 7) is 15.4. The minimum atomic E-state index is 0.424. The van der Waals surface area contributed by atoms with Gasteiger partial charge in [-0.1, -0.05) is 72.8 Å². The van der Waals surface area contributed by atoms with Crippen molar-refractivity contribution in [1.82, 2.24) is 4.57 Å². The number of para-hydroxylation sites is 2. The Morgan fingerprint density at radius 3 is 1.90 bits per heavy atom. The summed E-state index contributed by atoms with van der Waals surface area (Å²) >= 11 is 0. The Labute approximate surface area is 225 Å². The molecule has 6 aromatic rings. The Kier molecular flexibility index (Phi) is 5.60. The second-order valence-corrected chi connectivity index (χ2v) is 8.95. The maximum absolute atomic E-state index is 9.94. The van der Waals surface area contributed by atoms with E-state index in [4.69, 9.17) is 13.1 Å². The van der Waals surface area contributed by atoms with Crippen LogP contribution in [-0.4, -0.2) is 4.57 Å². The van der Waals surface area contributed by atoms with Crippen LogP contribution in [0.25, 0.3) is 59.4 Å². The van der Waals surface area contributed by atoms with E-state index in [1.165, 1.54) is 0 Å². The lowest BCUT2D eigenvalue weighted by molar-refractivity contribution is 1.18. The average molecular weight is 496 g/mol. The molecule has 5 aromatic carbocycles. The number of fused-ring (bicyclic) bond motifs is 3. The van der Waals surface area contributed by atoms with Crippen LogP contribution >= 0.6 is 0 Å². The lowest BCUT2D eigenvalue weighted by Gasteiger charge is -2.14. The number of hydrogen-bond acceptors (Lipinski definition) is 2. The molecule has 0 aliphatic carbocycles. The Balaban J connectivity index is 1.80. The van der Waals surface area contributed by atoms with Crippen LogP contribution in [0, 0.1) is 35.8 Å². The van der Waals surface area contributed by atoms with Crippen molar-refractivity contribution in [3.8, 4) is 40.1 Å². The van der Waals surface area contributed by atoms with Crippen molar-refractivity contribution in [3.05, 3.63) is 137 Å². The van der Waals surface area contributed by atoms with Crippen LogP contribution in [-0.2, 0) is 0 Å². The molecule has 5 nitrogen and oxygen atoms in total. The van der Waals surface area contributed by atoms with Crippen LogP contribution in [0.3, 0.4) is 0 Å². The highest BCUT2D eigenvalue weighted by atomic mass is 15.0. The molecule has 39 heavy (non-hydrogen) atoms. The molecule has 0 N–H and O–H groups in total. The first kappa shape index (κ1) is 23.3. The van der Waals surface area contributed by atoms with Gasteiger partial charge in [0.25, 0.3) is 0 Å². The lowest BCUT2D eigenvalue weighted by atomic mass is 9.93. The molecule has 0 saturated carbocycles. The van der Waals surface area contributed by atoms with Crippen LogP contribution in [0.4, 0.5) is 11.4 Å². The minimum absolute atomic E-state index is 0.424. The van der Waals surface area contributed by atoms with Gasteiger partial charge < -0.3 is 4.57 Å². The molecule has 0 aliphatic heterocycles. The molecule has 0 fully saturated rings. The molecule has 178 valence electrons. The van der Waals surface area contributed by atoms with Crippen LogP contribution in [0.5, 0.6) is 0 Å². The average Bonchev–Trinajstić information content (AvgIpc) is 3.34. The van der Waals surface area contributed by atoms with Crippen molar-refractivity contribution < 1.29 is 0 Å². The summed E-state index contributed by atoms with van der Waals surface area (Å²) < 4.78 is 2.14. The Morgan fingerprint density at radius 1 is 0.615 bits per heavy atom. The second kappa shape index (κ2) is 9.38. The van der Waals surface area contributed by atoms with Gasteiger partial charge in [-0.2, -0.15) is 10.5 Å². The molecule has 1 heterocycles. The van der Waals surface area contributed by atoms with Crippen molar-refractivity contribution in [2.45, 2.75) is 0 Å². The van der Waals surface area contributed by atoms with Gasteiger partial charge in [-0.3, -0.25) is 0 Å². The summed E-state index contributed by atoms with van der Waals surface area (Å²) in [5.74, 6) is 0. The Bertz CT molecular complexity index is 2040. The van der Waals surface area contributed by atoms with E-state index in [9.17, 15) is 10.5 Å². The topological polar surface area (TPSA) is 61.2 Å². The number of hydrogen-bond donors (Lipinski definition) is 0. The third-order valence-corrected chi connectivity index (χ3v) is 6.93. The molecular formula is C34H17N5. The van der Waals surface area contributed by atoms with Gasteiger partial charge in [0.2, 0.25) is 0 Å². The quantitative estimate of drug-likeness (QED) is 0.230. The number of aromatic nitrogens is 1. The first-order chi connectivity index (χ1) is 19.2. The molecule has 1 aromatic heterocycles. The fraction of sp³-hybridized carbons (Fsp3) is 0. The monoisotopic (exact) mass is 495 g/mol. The Hall–Kier alpha value is -6.14. The Morgan fingerprint density at radius 2 is 1.26 bits per heavy atom. The molecule has 0 amide bonds. The third kappa shape index (κ3) is 3.60. The molecule has 5 heteroatoms. The van der Waals surface area contributed by atoms with Crippen molar-refractivity contribution >= 4 is 33.2 Å². The van der Waals surface area contributed by atoms with E-state index in [1.807, 2.05) is 66.7 Å². The molecular weight excluding hydrogens is 478 g/mol. The minimum Gasteiger partial charge on any atom is -0.309 e. The van der Waals surface area contributed by atoms with Gasteiger partial charge in [0.15, 0.2) is 11.4 Å². The number of rotatable bonds is 3.